The molecule has 1 aromatic carbocycles. The Morgan fingerprint density at radius 2 is 2.29 bits per heavy atom. The van der Waals surface area contributed by atoms with Crippen LogP contribution in [0.25, 0.3) is 0 Å². The van der Waals surface area contributed by atoms with Crippen LogP contribution >= 0.6 is 15.9 Å². The van der Waals surface area contributed by atoms with Crippen LogP contribution in [0.1, 0.15) is 24.4 Å². The second-order valence-corrected chi connectivity index (χ2v) is 4.75. The van der Waals surface area contributed by atoms with Crippen LogP contribution in [0.15, 0.2) is 28.7 Å². The van der Waals surface area contributed by atoms with Crippen molar-refractivity contribution >= 4 is 15.9 Å². The standard InChI is InChI=1S/C11H14BrN5/c1-8(13-2)11-14-15-16-17(11)7-9-4-3-5-10(12)6-9/h3-6,8,13H,7H2,1-2H3. The van der Waals surface area contributed by atoms with E-state index in [1.165, 1.54) is 0 Å². The second kappa shape index (κ2) is 5.37. The first kappa shape index (κ1) is 12.2. The molecule has 17 heavy (non-hydrogen) atoms. The molecule has 0 fully saturated rings. The van der Waals surface area contributed by atoms with Crippen molar-refractivity contribution in [2.24, 2.45) is 0 Å². The largest absolute Gasteiger partial charge is 0.311 e. The Labute approximate surface area is 108 Å². The highest BCUT2D eigenvalue weighted by molar-refractivity contribution is 9.10. The van der Waals surface area contributed by atoms with Gasteiger partial charge in [0.15, 0.2) is 5.82 Å². The van der Waals surface area contributed by atoms with Gasteiger partial charge in [0.1, 0.15) is 0 Å². The van der Waals surface area contributed by atoms with Crippen LogP contribution in [-0.2, 0) is 6.54 Å². The van der Waals surface area contributed by atoms with Gasteiger partial charge in [0.2, 0.25) is 0 Å². The highest BCUT2D eigenvalue weighted by Gasteiger charge is 2.12. The maximum atomic E-state index is 4.03. The van der Waals surface area contributed by atoms with E-state index in [0.717, 1.165) is 15.9 Å². The fraction of sp³-hybridized carbons (Fsp3) is 0.364. The van der Waals surface area contributed by atoms with E-state index >= 15 is 0 Å². The van der Waals surface area contributed by atoms with Gasteiger partial charge in [0.05, 0.1) is 12.6 Å². The molecule has 1 atom stereocenters. The SMILES string of the molecule is CNC(C)c1nnnn1Cc1cccc(Br)c1. The van der Waals surface area contributed by atoms with Gasteiger partial charge < -0.3 is 5.32 Å². The molecular weight excluding hydrogens is 282 g/mol. The van der Waals surface area contributed by atoms with Gasteiger partial charge in [0, 0.05) is 4.47 Å². The van der Waals surface area contributed by atoms with Gasteiger partial charge in [-0.1, -0.05) is 28.1 Å². The summed E-state index contributed by atoms with van der Waals surface area (Å²) in [7, 11) is 1.89. The Morgan fingerprint density at radius 3 is 3.00 bits per heavy atom. The molecule has 1 unspecified atom stereocenters. The van der Waals surface area contributed by atoms with Crippen molar-refractivity contribution in [2.75, 3.05) is 7.05 Å². The van der Waals surface area contributed by atoms with Crippen LogP contribution in [0.2, 0.25) is 0 Å². The summed E-state index contributed by atoms with van der Waals surface area (Å²) in [4.78, 5) is 0. The molecule has 2 rings (SSSR count). The molecule has 0 amide bonds. The third-order valence-electron chi connectivity index (χ3n) is 2.60. The van der Waals surface area contributed by atoms with Crippen LogP contribution in [0.5, 0.6) is 0 Å². The lowest BCUT2D eigenvalue weighted by Crippen LogP contribution is -2.19. The van der Waals surface area contributed by atoms with Crippen molar-refractivity contribution in [3.05, 3.63) is 40.1 Å². The van der Waals surface area contributed by atoms with Gasteiger partial charge in [-0.25, -0.2) is 4.68 Å². The number of nitrogens with one attached hydrogen (secondary N) is 1. The average Bonchev–Trinajstić information content (AvgIpc) is 2.76. The third-order valence-corrected chi connectivity index (χ3v) is 3.09. The summed E-state index contributed by atoms with van der Waals surface area (Å²) in [6.45, 7) is 2.71. The maximum absolute atomic E-state index is 4.03. The van der Waals surface area contributed by atoms with E-state index in [0.29, 0.717) is 6.54 Å². The quantitative estimate of drug-likeness (QED) is 0.934. The van der Waals surface area contributed by atoms with Crippen molar-refractivity contribution in [1.82, 2.24) is 25.5 Å². The molecule has 1 heterocycles. The molecular formula is C11H14BrN5. The first-order valence-electron chi connectivity index (χ1n) is 5.38. The molecule has 0 saturated carbocycles. The number of hydrogen-bond acceptors (Lipinski definition) is 4. The number of aromatic nitrogens is 4. The zero-order chi connectivity index (χ0) is 12.3. The van der Waals surface area contributed by atoms with Crippen LogP contribution in [-0.4, -0.2) is 27.3 Å². The Hall–Kier alpha value is -1.27. The molecule has 0 radical (unpaired) electrons. The Bertz CT molecular complexity index is 496. The first-order valence-corrected chi connectivity index (χ1v) is 6.18. The fourth-order valence-electron chi connectivity index (χ4n) is 1.57. The maximum Gasteiger partial charge on any atom is 0.168 e. The monoisotopic (exact) mass is 295 g/mol. The van der Waals surface area contributed by atoms with Crippen molar-refractivity contribution in [1.29, 1.82) is 0 Å². The van der Waals surface area contributed by atoms with Gasteiger partial charge in [0.25, 0.3) is 0 Å². The highest BCUT2D eigenvalue weighted by Crippen LogP contribution is 2.14. The predicted octanol–water partition coefficient (Wildman–Crippen LogP) is 1.76. The van der Waals surface area contributed by atoms with Crippen LogP contribution < -0.4 is 5.32 Å². The highest BCUT2D eigenvalue weighted by atomic mass is 79.9. The fourth-order valence-corrected chi connectivity index (χ4v) is 2.02. The van der Waals surface area contributed by atoms with E-state index in [4.69, 9.17) is 0 Å². The molecule has 5 nitrogen and oxygen atoms in total. The Morgan fingerprint density at radius 1 is 1.47 bits per heavy atom. The third kappa shape index (κ3) is 2.89. The van der Waals surface area contributed by atoms with Crippen LogP contribution in [0, 0.1) is 0 Å². The summed E-state index contributed by atoms with van der Waals surface area (Å²) in [5.41, 5.74) is 1.16. The number of benzene rings is 1. The zero-order valence-corrected chi connectivity index (χ0v) is 11.3. The average molecular weight is 296 g/mol. The van der Waals surface area contributed by atoms with Crippen molar-refractivity contribution in [3.63, 3.8) is 0 Å². The summed E-state index contributed by atoms with van der Waals surface area (Å²) in [5.74, 6) is 0.840. The molecule has 0 spiro atoms. The summed E-state index contributed by atoms with van der Waals surface area (Å²) < 4.78 is 2.87. The molecule has 0 aliphatic carbocycles. The summed E-state index contributed by atoms with van der Waals surface area (Å²) >= 11 is 3.45. The van der Waals surface area contributed by atoms with Crippen molar-refractivity contribution < 1.29 is 0 Å². The normalized spacial score (nSPS) is 12.6. The van der Waals surface area contributed by atoms with Gasteiger partial charge in [-0.15, -0.1) is 5.10 Å². The molecule has 0 aliphatic heterocycles. The number of hydrogen-bond donors (Lipinski definition) is 1. The number of halogens is 1. The van der Waals surface area contributed by atoms with Crippen molar-refractivity contribution in [2.45, 2.75) is 19.5 Å². The number of rotatable bonds is 4. The van der Waals surface area contributed by atoms with Gasteiger partial charge in [-0.05, 0) is 42.1 Å². The minimum Gasteiger partial charge on any atom is -0.311 e. The van der Waals surface area contributed by atoms with E-state index in [1.807, 2.05) is 30.8 Å². The Kier molecular flexibility index (Phi) is 3.86. The minimum absolute atomic E-state index is 0.136. The Balaban J connectivity index is 2.22. The van der Waals surface area contributed by atoms with Gasteiger partial charge >= 0.3 is 0 Å². The van der Waals surface area contributed by atoms with Crippen molar-refractivity contribution in [3.8, 4) is 0 Å². The van der Waals surface area contributed by atoms with Gasteiger partial charge in [-0.2, -0.15) is 0 Å². The molecule has 0 saturated heterocycles. The molecule has 2 aromatic rings. The van der Waals surface area contributed by atoms with E-state index in [-0.39, 0.29) is 6.04 Å². The summed E-state index contributed by atoms with van der Waals surface area (Å²) in [5, 5.41) is 14.9. The number of nitrogens with zero attached hydrogens (tertiary/aromatic N) is 4. The van der Waals surface area contributed by atoms with Crippen LogP contribution in [0.3, 0.4) is 0 Å². The topological polar surface area (TPSA) is 55.6 Å². The second-order valence-electron chi connectivity index (χ2n) is 3.84. The lowest BCUT2D eigenvalue weighted by Gasteiger charge is -2.10. The van der Waals surface area contributed by atoms with E-state index in [2.05, 4.69) is 48.9 Å². The zero-order valence-electron chi connectivity index (χ0n) is 9.76. The van der Waals surface area contributed by atoms with E-state index in [9.17, 15) is 0 Å². The molecule has 1 aromatic heterocycles. The van der Waals surface area contributed by atoms with E-state index in [1.54, 1.807) is 0 Å². The molecule has 0 bridgehead atoms. The molecule has 90 valence electrons. The predicted molar refractivity (Wildman–Crippen MR) is 68.5 cm³/mol. The smallest absolute Gasteiger partial charge is 0.168 e. The minimum atomic E-state index is 0.136. The molecule has 0 aliphatic rings. The summed E-state index contributed by atoms with van der Waals surface area (Å²) in [6, 6.07) is 8.26. The van der Waals surface area contributed by atoms with Crippen LogP contribution in [0.4, 0.5) is 0 Å². The van der Waals surface area contributed by atoms with E-state index < -0.39 is 0 Å². The summed E-state index contributed by atoms with van der Waals surface area (Å²) in [6.07, 6.45) is 0. The number of tetrazole rings is 1. The molecule has 1 N–H and O–H groups in total. The first-order chi connectivity index (χ1) is 8.20. The van der Waals surface area contributed by atoms with Gasteiger partial charge in [-0.3, -0.25) is 0 Å². The molecule has 6 heteroatoms. The lowest BCUT2D eigenvalue weighted by molar-refractivity contribution is 0.540. The lowest BCUT2D eigenvalue weighted by atomic mass is 10.2.